The molecule has 1 aromatic rings. The zero-order valence-corrected chi connectivity index (χ0v) is 12.1. The van der Waals surface area contributed by atoms with Crippen LogP contribution in [0.1, 0.15) is 44.3 Å². The van der Waals surface area contributed by atoms with Gasteiger partial charge in [-0.25, -0.2) is 0 Å². The predicted octanol–water partition coefficient (Wildman–Crippen LogP) is 1.61. The molecular formula is C14H23N3O3. The van der Waals surface area contributed by atoms with Crippen LogP contribution < -0.4 is 5.32 Å². The molecule has 2 heterocycles. The van der Waals surface area contributed by atoms with Gasteiger partial charge in [-0.15, -0.1) is 0 Å². The van der Waals surface area contributed by atoms with Gasteiger partial charge in [0, 0.05) is 32.7 Å². The minimum Gasteiger partial charge on any atom is -0.381 e. The van der Waals surface area contributed by atoms with Crippen molar-refractivity contribution in [2.45, 2.75) is 44.8 Å². The Morgan fingerprint density at radius 3 is 2.85 bits per heavy atom. The molecule has 112 valence electrons. The first-order valence-corrected chi connectivity index (χ1v) is 7.58. The molecule has 20 heavy (non-hydrogen) atoms. The van der Waals surface area contributed by atoms with Crippen LogP contribution in [0.3, 0.4) is 0 Å². The van der Waals surface area contributed by atoms with E-state index in [-0.39, 0.29) is 0 Å². The summed E-state index contributed by atoms with van der Waals surface area (Å²) in [6.07, 6.45) is 4.26. The molecule has 1 N–H and O–H groups in total. The molecule has 2 aliphatic rings. The lowest BCUT2D eigenvalue weighted by atomic mass is 9.93. The first-order chi connectivity index (χ1) is 9.82. The molecule has 0 spiro atoms. The Labute approximate surface area is 119 Å². The second-order valence-electron chi connectivity index (χ2n) is 5.63. The average molecular weight is 281 g/mol. The lowest BCUT2D eigenvalue weighted by molar-refractivity contribution is -0.118. The standard InChI is InChI=1S/C14H23N3O3/c1-2-19-14(5-7-18-8-6-14)13-16-12(20-17-13)10-15-9-11-3-4-11/h11,15H,2-10H2,1H3. The van der Waals surface area contributed by atoms with Gasteiger partial charge in [-0.2, -0.15) is 4.98 Å². The van der Waals surface area contributed by atoms with E-state index in [9.17, 15) is 0 Å². The number of nitrogens with zero attached hydrogens (tertiary/aromatic N) is 2. The summed E-state index contributed by atoms with van der Waals surface area (Å²) >= 11 is 0. The van der Waals surface area contributed by atoms with Crippen LogP contribution in [-0.4, -0.2) is 36.5 Å². The maximum absolute atomic E-state index is 5.94. The Balaban J connectivity index is 1.62. The summed E-state index contributed by atoms with van der Waals surface area (Å²) < 4.78 is 16.7. The fourth-order valence-corrected chi connectivity index (χ4v) is 2.63. The molecule has 0 unspecified atom stereocenters. The molecule has 1 aliphatic heterocycles. The molecule has 0 atom stereocenters. The molecule has 0 aromatic carbocycles. The summed E-state index contributed by atoms with van der Waals surface area (Å²) in [6.45, 7) is 5.69. The van der Waals surface area contributed by atoms with Gasteiger partial charge < -0.3 is 19.3 Å². The summed E-state index contributed by atoms with van der Waals surface area (Å²) in [7, 11) is 0. The van der Waals surface area contributed by atoms with Crippen LogP contribution in [0.2, 0.25) is 0 Å². The van der Waals surface area contributed by atoms with Crippen molar-refractivity contribution in [3.05, 3.63) is 11.7 Å². The maximum Gasteiger partial charge on any atom is 0.240 e. The number of hydrogen-bond acceptors (Lipinski definition) is 6. The zero-order chi connectivity index (χ0) is 13.8. The number of aromatic nitrogens is 2. The summed E-state index contributed by atoms with van der Waals surface area (Å²) in [4.78, 5) is 4.52. The minimum atomic E-state index is -0.425. The van der Waals surface area contributed by atoms with Crippen molar-refractivity contribution in [2.24, 2.45) is 5.92 Å². The van der Waals surface area contributed by atoms with Crippen molar-refractivity contribution in [3.63, 3.8) is 0 Å². The SMILES string of the molecule is CCOC1(c2noc(CNCC3CC3)n2)CCOCC1. The predicted molar refractivity (Wildman–Crippen MR) is 72.1 cm³/mol. The average Bonchev–Trinajstić information content (AvgIpc) is 3.16. The van der Waals surface area contributed by atoms with Crippen molar-refractivity contribution >= 4 is 0 Å². The van der Waals surface area contributed by atoms with E-state index in [0.717, 1.165) is 25.3 Å². The fourth-order valence-electron chi connectivity index (χ4n) is 2.63. The van der Waals surface area contributed by atoms with Gasteiger partial charge in [-0.1, -0.05) is 5.16 Å². The van der Waals surface area contributed by atoms with E-state index < -0.39 is 5.60 Å². The monoisotopic (exact) mass is 281 g/mol. The van der Waals surface area contributed by atoms with Crippen LogP contribution in [0.15, 0.2) is 4.52 Å². The van der Waals surface area contributed by atoms with Crippen molar-refractivity contribution in [1.82, 2.24) is 15.5 Å². The van der Waals surface area contributed by atoms with Crippen LogP contribution >= 0.6 is 0 Å². The lowest BCUT2D eigenvalue weighted by Gasteiger charge is -2.33. The first kappa shape index (κ1) is 14.0. The van der Waals surface area contributed by atoms with Gasteiger partial charge in [-0.05, 0) is 32.2 Å². The first-order valence-electron chi connectivity index (χ1n) is 7.58. The molecule has 1 saturated heterocycles. The number of hydrogen-bond donors (Lipinski definition) is 1. The second kappa shape index (κ2) is 6.20. The van der Waals surface area contributed by atoms with Crippen LogP contribution in [0.5, 0.6) is 0 Å². The van der Waals surface area contributed by atoms with Gasteiger partial charge in [0.15, 0.2) is 0 Å². The molecule has 6 nitrogen and oxygen atoms in total. The molecule has 6 heteroatoms. The quantitative estimate of drug-likeness (QED) is 0.819. The second-order valence-corrected chi connectivity index (χ2v) is 5.63. The number of rotatable bonds is 7. The number of ether oxygens (including phenoxy) is 2. The molecule has 0 amide bonds. The van der Waals surface area contributed by atoms with E-state index in [2.05, 4.69) is 15.5 Å². The highest BCUT2D eigenvalue weighted by molar-refractivity contribution is 5.03. The number of nitrogens with one attached hydrogen (secondary N) is 1. The smallest absolute Gasteiger partial charge is 0.240 e. The summed E-state index contributed by atoms with van der Waals surface area (Å²) in [5.41, 5.74) is -0.425. The molecule has 1 aromatic heterocycles. The molecule has 3 rings (SSSR count). The highest BCUT2D eigenvalue weighted by Gasteiger charge is 2.39. The van der Waals surface area contributed by atoms with E-state index in [4.69, 9.17) is 14.0 Å². The Morgan fingerprint density at radius 1 is 1.35 bits per heavy atom. The molecule has 1 aliphatic carbocycles. The Kier molecular flexibility index (Phi) is 4.33. The summed E-state index contributed by atoms with van der Waals surface area (Å²) in [6, 6.07) is 0. The van der Waals surface area contributed by atoms with Gasteiger partial charge in [0.1, 0.15) is 5.60 Å². The van der Waals surface area contributed by atoms with Crippen LogP contribution in [0.4, 0.5) is 0 Å². The Hall–Kier alpha value is -0.980. The Bertz CT molecular complexity index is 420. The third-order valence-corrected chi connectivity index (χ3v) is 4.00. The van der Waals surface area contributed by atoms with Crippen molar-refractivity contribution in [2.75, 3.05) is 26.4 Å². The lowest BCUT2D eigenvalue weighted by Crippen LogP contribution is -2.37. The van der Waals surface area contributed by atoms with Crippen molar-refractivity contribution in [1.29, 1.82) is 0 Å². The summed E-state index contributed by atoms with van der Waals surface area (Å²) in [5.74, 6) is 2.17. The van der Waals surface area contributed by atoms with E-state index >= 15 is 0 Å². The van der Waals surface area contributed by atoms with E-state index in [1.54, 1.807) is 0 Å². The highest BCUT2D eigenvalue weighted by atomic mass is 16.5. The van der Waals surface area contributed by atoms with Crippen LogP contribution in [0.25, 0.3) is 0 Å². The third-order valence-electron chi connectivity index (χ3n) is 4.00. The van der Waals surface area contributed by atoms with E-state index in [1.165, 1.54) is 12.8 Å². The largest absolute Gasteiger partial charge is 0.381 e. The summed E-state index contributed by atoms with van der Waals surface area (Å²) in [5, 5.41) is 7.50. The van der Waals surface area contributed by atoms with Gasteiger partial charge in [0.25, 0.3) is 0 Å². The van der Waals surface area contributed by atoms with Crippen LogP contribution in [0, 0.1) is 5.92 Å². The van der Waals surface area contributed by atoms with Gasteiger partial charge in [0.05, 0.1) is 6.54 Å². The molecule has 0 bridgehead atoms. The van der Waals surface area contributed by atoms with Gasteiger partial charge in [0.2, 0.25) is 11.7 Å². The maximum atomic E-state index is 5.94. The van der Waals surface area contributed by atoms with E-state index in [0.29, 0.717) is 38.1 Å². The minimum absolute atomic E-state index is 0.425. The highest BCUT2D eigenvalue weighted by Crippen LogP contribution is 2.34. The molecular weight excluding hydrogens is 258 g/mol. The van der Waals surface area contributed by atoms with Gasteiger partial charge >= 0.3 is 0 Å². The van der Waals surface area contributed by atoms with Crippen molar-refractivity contribution < 1.29 is 14.0 Å². The zero-order valence-electron chi connectivity index (χ0n) is 12.1. The Morgan fingerprint density at radius 2 is 2.15 bits per heavy atom. The molecule has 1 saturated carbocycles. The van der Waals surface area contributed by atoms with Crippen LogP contribution in [-0.2, 0) is 21.6 Å². The van der Waals surface area contributed by atoms with Gasteiger partial charge in [-0.3, -0.25) is 0 Å². The fraction of sp³-hybridized carbons (Fsp3) is 0.857. The van der Waals surface area contributed by atoms with Crippen molar-refractivity contribution in [3.8, 4) is 0 Å². The molecule has 0 radical (unpaired) electrons. The van der Waals surface area contributed by atoms with E-state index in [1.807, 2.05) is 6.92 Å². The normalized spacial score (nSPS) is 22.1. The molecule has 2 fully saturated rings. The third kappa shape index (κ3) is 3.19. The topological polar surface area (TPSA) is 69.4 Å².